The highest BCUT2D eigenvalue weighted by Gasteiger charge is 2.20. The molecule has 0 radical (unpaired) electrons. The summed E-state index contributed by atoms with van der Waals surface area (Å²) in [6, 6.07) is 0. The van der Waals surface area contributed by atoms with Crippen LogP contribution in [0.5, 0.6) is 0 Å². The largest absolute Gasteiger partial charge is 0.476 e. The van der Waals surface area contributed by atoms with Crippen LogP contribution in [0, 0.1) is 5.92 Å². The van der Waals surface area contributed by atoms with E-state index in [9.17, 15) is 9.59 Å². The standard InChI is InChI=1S/C11H17N5O3/c1-15-3-2-8(5-15)4-12-10(17)7-16-6-9(11(18)19)13-14-16/h6,8H,2-5,7H2,1H3,(H,12,17)(H,18,19). The molecule has 0 spiro atoms. The van der Waals surface area contributed by atoms with Crippen molar-refractivity contribution in [1.82, 2.24) is 25.2 Å². The van der Waals surface area contributed by atoms with Gasteiger partial charge in [0, 0.05) is 13.1 Å². The zero-order valence-electron chi connectivity index (χ0n) is 10.7. The van der Waals surface area contributed by atoms with Gasteiger partial charge in [0.25, 0.3) is 0 Å². The fourth-order valence-corrected chi connectivity index (χ4v) is 2.13. The second kappa shape index (κ2) is 5.79. The SMILES string of the molecule is CN1CCC(CNC(=O)Cn2cc(C(=O)O)nn2)C1. The van der Waals surface area contributed by atoms with Crippen molar-refractivity contribution in [2.45, 2.75) is 13.0 Å². The molecule has 1 aromatic rings. The predicted octanol–water partition coefficient (Wildman–Crippen LogP) is -0.956. The van der Waals surface area contributed by atoms with Gasteiger partial charge >= 0.3 is 5.97 Å². The maximum Gasteiger partial charge on any atom is 0.358 e. The monoisotopic (exact) mass is 267 g/mol. The molecule has 8 nitrogen and oxygen atoms in total. The van der Waals surface area contributed by atoms with E-state index in [0.29, 0.717) is 12.5 Å². The summed E-state index contributed by atoms with van der Waals surface area (Å²) in [7, 11) is 2.06. The van der Waals surface area contributed by atoms with Crippen molar-refractivity contribution in [3.63, 3.8) is 0 Å². The quantitative estimate of drug-likeness (QED) is 0.713. The summed E-state index contributed by atoms with van der Waals surface area (Å²) in [5.41, 5.74) is -0.162. The fourth-order valence-electron chi connectivity index (χ4n) is 2.13. The highest BCUT2D eigenvalue weighted by Crippen LogP contribution is 2.12. The Bertz CT molecular complexity index is 473. The molecule has 0 saturated carbocycles. The summed E-state index contributed by atoms with van der Waals surface area (Å²) < 4.78 is 1.22. The lowest BCUT2D eigenvalue weighted by atomic mass is 10.1. The van der Waals surface area contributed by atoms with Crippen LogP contribution in [0.4, 0.5) is 0 Å². The van der Waals surface area contributed by atoms with E-state index in [4.69, 9.17) is 5.11 Å². The molecule has 19 heavy (non-hydrogen) atoms. The van der Waals surface area contributed by atoms with Crippen molar-refractivity contribution >= 4 is 11.9 Å². The molecule has 1 aliphatic rings. The van der Waals surface area contributed by atoms with Gasteiger partial charge in [-0.1, -0.05) is 5.21 Å². The Morgan fingerprint density at radius 2 is 2.37 bits per heavy atom. The predicted molar refractivity (Wildman–Crippen MR) is 65.6 cm³/mol. The Hall–Kier alpha value is -1.96. The number of carboxylic acid groups (broad SMARTS) is 1. The van der Waals surface area contributed by atoms with Crippen LogP contribution >= 0.6 is 0 Å². The summed E-state index contributed by atoms with van der Waals surface area (Å²) in [5, 5.41) is 18.5. The van der Waals surface area contributed by atoms with E-state index >= 15 is 0 Å². The molecular weight excluding hydrogens is 250 g/mol. The van der Waals surface area contributed by atoms with E-state index in [-0.39, 0.29) is 18.1 Å². The molecule has 1 aliphatic heterocycles. The first kappa shape index (κ1) is 13.5. The highest BCUT2D eigenvalue weighted by molar-refractivity contribution is 5.84. The van der Waals surface area contributed by atoms with Gasteiger partial charge < -0.3 is 15.3 Å². The van der Waals surface area contributed by atoms with Crippen LogP contribution in [0.15, 0.2) is 6.20 Å². The molecule has 8 heteroatoms. The number of carbonyl (C=O) groups excluding carboxylic acids is 1. The van der Waals surface area contributed by atoms with Crippen molar-refractivity contribution in [2.75, 3.05) is 26.7 Å². The second-order valence-electron chi connectivity index (χ2n) is 4.83. The zero-order chi connectivity index (χ0) is 13.8. The van der Waals surface area contributed by atoms with Gasteiger partial charge in [0.05, 0.1) is 6.20 Å². The normalized spacial score (nSPS) is 19.5. The van der Waals surface area contributed by atoms with E-state index < -0.39 is 5.97 Å². The average Bonchev–Trinajstić information content (AvgIpc) is 2.96. The Morgan fingerprint density at radius 1 is 1.58 bits per heavy atom. The molecule has 104 valence electrons. The first-order chi connectivity index (χ1) is 9.04. The third-order valence-corrected chi connectivity index (χ3v) is 3.14. The van der Waals surface area contributed by atoms with E-state index in [0.717, 1.165) is 19.5 Å². The minimum Gasteiger partial charge on any atom is -0.476 e. The lowest BCUT2D eigenvalue weighted by Gasteiger charge is -2.11. The lowest BCUT2D eigenvalue weighted by molar-refractivity contribution is -0.122. The number of nitrogens with zero attached hydrogens (tertiary/aromatic N) is 4. The molecule has 1 unspecified atom stereocenters. The van der Waals surface area contributed by atoms with Crippen molar-refractivity contribution < 1.29 is 14.7 Å². The molecule has 1 amide bonds. The lowest BCUT2D eigenvalue weighted by Crippen LogP contribution is -2.33. The van der Waals surface area contributed by atoms with Gasteiger partial charge in [-0.25, -0.2) is 9.48 Å². The molecule has 1 saturated heterocycles. The number of amides is 1. The average molecular weight is 267 g/mol. The summed E-state index contributed by atoms with van der Waals surface area (Å²) >= 11 is 0. The van der Waals surface area contributed by atoms with Gasteiger partial charge in [-0.3, -0.25) is 4.79 Å². The van der Waals surface area contributed by atoms with Crippen molar-refractivity contribution in [3.8, 4) is 0 Å². The van der Waals surface area contributed by atoms with Gasteiger partial charge in [0.2, 0.25) is 5.91 Å². The molecule has 0 aromatic carbocycles. The number of likely N-dealkylation sites (tertiary alicyclic amines) is 1. The van der Waals surface area contributed by atoms with Crippen molar-refractivity contribution in [1.29, 1.82) is 0 Å². The second-order valence-corrected chi connectivity index (χ2v) is 4.83. The topological polar surface area (TPSA) is 100 Å². The van der Waals surface area contributed by atoms with Gasteiger partial charge in [-0.15, -0.1) is 5.10 Å². The number of nitrogens with one attached hydrogen (secondary N) is 1. The van der Waals surface area contributed by atoms with E-state index in [1.165, 1.54) is 10.9 Å². The molecule has 1 aromatic heterocycles. The number of carboxylic acids is 1. The maximum atomic E-state index is 11.7. The minimum atomic E-state index is -1.15. The Morgan fingerprint density at radius 3 is 2.95 bits per heavy atom. The number of rotatable bonds is 5. The van der Waals surface area contributed by atoms with Crippen LogP contribution in [0.2, 0.25) is 0 Å². The van der Waals surface area contributed by atoms with Crippen LogP contribution in [0.1, 0.15) is 16.9 Å². The number of aromatic carboxylic acids is 1. The molecule has 2 N–H and O–H groups in total. The third-order valence-electron chi connectivity index (χ3n) is 3.14. The maximum absolute atomic E-state index is 11.7. The van der Waals surface area contributed by atoms with Crippen LogP contribution in [-0.2, 0) is 11.3 Å². The smallest absolute Gasteiger partial charge is 0.358 e. The molecule has 2 heterocycles. The fraction of sp³-hybridized carbons (Fsp3) is 0.636. The highest BCUT2D eigenvalue weighted by atomic mass is 16.4. The molecule has 2 rings (SSSR count). The van der Waals surface area contributed by atoms with Crippen molar-refractivity contribution in [2.24, 2.45) is 5.92 Å². The molecule has 0 bridgehead atoms. The minimum absolute atomic E-state index is 0.0111. The molecular formula is C11H17N5O3. The number of carbonyl (C=O) groups is 2. The van der Waals surface area contributed by atoms with E-state index in [1.807, 2.05) is 0 Å². The van der Waals surface area contributed by atoms with E-state index in [1.54, 1.807) is 0 Å². The van der Waals surface area contributed by atoms with Gasteiger partial charge in [-0.2, -0.15) is 0 Å². The van der Waals surface area contributed by atoms with Crippen LogP contribution < -0.4 is 5.32 Å². The zero-order valence-corrected chi connectivity index (χ0v) is 10.7. The Labute approximate surface area is 110 Å². The summed E-state index contributed by atoms with van der Waals surface area (Å²) in [6.07, 6.45) is 2.33. The van der Waals surface area contributed by atoms with Gasteiger partial charge in [0.15, 0.2) is 5.69 Å². The third kappa shape index (κ3) is 3.75. The Kier molecular flexibility index (Phi) is 4.10. The summed E-state index contributed by atoms with van der Waals surface area (Å²) in [4.78, 5) is 24.5. The van der Waals surface area contributed by atoms with Crippen LogP contribution in [-0.4, -0.2) is 63.6 Å². The molecule has 0 aliphatic carbocycles. The number of hydrogen-bond acceptors (Lipinski definition) is 5. The van der Waals surface area contributed by atoms with Crippen LogP contribution in [0.25, 0.3) is 0 Å². The first-order valence-corrected chi connectivity index (χ1v) is 6.13. The van der Waals surface area contributed by atoms with Gasteiger partial charge in [-0.05, 0) is 25.9 Å². The Balaban J connectivity index is 1.76. The van der Waals surface area contributed by atoms with Gasteiger partial charge in [0.1, 0.15) is 6.54 Å². The number of hydrogen-bond donors (Lipinski definition) is 2. The summed E-state index contributed by atoms with van der Waals surface area (Å²) in [6.45, 7) is 2.69. The first-order valence-electron chi connectivity index (χ1n) is 6.13. The van der Waals surface area contributed by atoms with Crippen LogP contribution in [0.3, 0.4) is 0 Å². The number of aromatic nitrogens is 3. The van der Waals surface area contributed by atoms with Crippen molar-refractivity contribution in [3.05, 3.63) is 11.9 Å². The summed E-state index contributed by atoms with van der Waals surface area (Å²) in [5.74, 6) is -0.851. The van der Waals surface area contributed by atoms with E-state index in [2.05, 4.69) is 27.6 Å². The molecule has 1 atom stereocenters. The molecule has 1 fully saturated rings.